The van der Waals surface area contributed by atoms with E-state index in [1.54, 1.807) is 0 Å². The summed E-state index contributed by atoms with van der Waals surface area (Å²) >= 11 is 0. The minimum atomic E-state index is -1.51. The van der Waals surface area contributed by atoms with E-state index in [1.165, 1.54) is 32.1 Å². The molecule has 0 heterocycles. The number of aliphatic carboxylic acids is 1. The van der Waals surface area contributed by atoms with Crippen LogP contribution in [0.3, 0.4) is 0 Å². The van der Waals surface area contributed by atoms with Crippen molar-refractivity contribution >= 4 is 5.97 Å². The molecule has 26 heavy (non-hydrogen) atoms. The molecule has 5 heteroatoms. The molecule has 154 valence electrons. The van der Waals surface area contributed by atoms with Crippen LogP contribution in [0.25, 0.3) is 0 Å². The largest absolute Gasteiger partial charge is 0.480 e. The van der Waals surface area contributed by atoms with Crippen molar-refractivity contribution in [2.24, 2.45) is 5.73 Å². The quantitative estimate of drug-likeness (QED) is 0.214. The number of aliphatic hydroxyl groups is 2. The second kappa shape index (κ2) is 16.3. The number of aliphatic hydroxyl groups excluding tert-OH is 2. The van der Waals surface area contributed by atoms with Gasteiger partial charge in [-0.05, 0) is 44.9 Å². The summed E-state index contributed by atoms with van der Waals surface area (Å²) in [5, 5.41) is 27.9. The molecule has 0 aliphatic carbocycles. The number of unbranched alkanes of at least 4 members (excludes halogenated alkanes) is 8. The van der Waals surface area contributed by atoms with E-state index in [4.69, 9.17) is 15.9 Å². The molecule has 0 aliphatic heterocycles. The SMILES string of the molecule is CCCCCCC(O)CCCCCCC=CCCCC(N)(CO)C(=O)O. The van der Waals surface area contributed by atoms with E-state index >= 15 is 0 Å². The van der Waals surface area contributed by atoms with Crippen molar-refractivity contribution in [3.8, 4) is 0 Å². The van der Waals surface area contributed by atoms with Gasteiger partial charge in [-0.15, -0.1) is 0 Å². The fraction of sp³-hybridized carbons (Fsp3) is 0.857. The summed E-state index contributed by atoms with van der Waals surface area (Å²) in [6.07, 6.45) is 18.2. The molecule has 0 aromatic heterocycles. The van der Waals surface area contributed by atoms with Gasteiger partial charge >= 0.3 is 5.97 Å². The molecule has 0 fully saturated rings. The smallest absolute Gasteiger partial charge is 0.326 e. The molecule has 0 radical (unpaired) electrons. The molecule has 0 aromatic rings. The highest BCUT2D eigenvalue weighted by Gasteiger charge is 2.32. The number of hydrogen-bond donors (Lipinski definition) is 4. The third-order valence-electron chi connectivity index (χ3n) is 4.92. The second-order valence-electron chi connectivity index (χ2n) is 7.48. The van der Waals surface area contributed by atoms with Crippen molar-refractivity contribution in [3.05, 3.63) is 12.2 Å². The number of rotatable bonds is 18. The molecular formula is C21H41NO4. The van der Waals surface area contributed by atoms with Crippen molar-refractivity contribution in [2.45, 2.75) is 108 Å². The zero-order valence-electron chi connectivity index (χ0n) is 16.7. The predicted molar refractivity (Wildman–Crippen MR) is 107 cm³/mol. The summed E-state index contributed by atoms with van der Waals surface area (Å²) in [5.41, 5.74) is 4.11. The molecule has 5 nitrogen and oxygen atoms in total. The van der Waals surface area contributed by atoms with Gasteiger partial charge in [0.2, 0.25) is 0 Å². The molecule has 5 N–H and O–H groups in total. The van der Waals surface area contributed by atoms with Crippen molar-refractivity contribution in [1.82, 2.24) is 0 Å². The lowest BCUT2D eigenvalue weighted by atomic mass is 9.95. The molecule has 0 aromatic carbocycles. The van der Waals surface area contributed by atoms with Crippen molar-refractivity contribution < 1.29 is 20.1 Å². The van der Waals surface area contributed by atoms with Gasteiger partial charge in [0.1, 0.15) is 5.54 Å². The number of allylic oxidation sites excluding steroid dienone is 2. The average molecular weight is 372 g/mol. The Morgan fingerprint density at radius 3 is 2.04 bits per heavy atom. The normalized spacial score (nSPS) is 15.2. The Hall–Kier alpha value is -0.910. The molecular weight excluding hydrogens is 330 g/mol. The van der Waals surface area contributed by atoms with Gasteiger partial charge in [0.15, 0.2) is 0 Å². The van der Waals surface area contributed by atoms with Crippen LogP contribution < -0.4 is 5.73 Å². The molecule has 0 bridgehead atoms. The van der Waals surface area contributed by atoms with Gasteiger partial charge in [-0.1, -0.05) is 64.0 Å². The van der Waals surface area contributed by atoms with E-state index in [9.17, 15) is 9.90 Å². The summed E-state index contributed by atoms with van der Waals surface area (Å²) in [7, 11) is 0. The Labute approximate surface area is 159 Å². The fourth-order valence-electron chi connectivity index (χ4n) is 2.97. The predicted octanol–water partition coefficient (Wildman–Crippen LogP) is 4.16. The zero-order chi connectivity index (χ0) is 19.7. The first-order chi connectivity index (χ1) is 12.5. The Bertz CT molecular complexity index is 373. The summed E-state index contributed by atoms with van der Waals surface area (Å²) in [4.78, 5) is 10.9. The topological polar surface area (TPSA) is 104 Å². The first-order valence-corrected chi connectivity index (χ1v) is 10.4. The van der Waals surface area contributed by atoms with Crippen molar-refractivity contribution in [2.75, 3.05) is 6.61 Å². The average Bonchev–Trinajstić information content (AvgIpc) is 2.62. The van der Waals surface area contributed by atoms with E-state index < -0.39 is 18.1 Å². The van der Waals surface area contributed by atoms with E-state index in [-0.39, 0.29) is 12.5 Å². The molecule has 0 amide bonds. The van der Waals surface area contributed by atoms with Crippen LogP contribution in [0.15, 0.2) is 12.2 Å². The molecule has 0 aliphatic rings. The van der Waals surface area contributed by atoms with Crippen LogP contribution in [-0.4, -0.2) is 39.5 Å². The van der Waals surface area contributed by atoms with Gasteiger partial charge in [-0.25, -0.2) is 0 Å². The lowest BCUT2D eigenvalue weighted by Crippen LogP contribution is -2.51. The first-order valence-electron chi connectivity index (χ1n) is 10.4. The first kappa shape index (κ1) is 25.1. The summed E-state index contributed by atoms with van der Waals surface area (Å²) < 4.78 is 0. The van der Waals surface area contributed by atoms with Gasteiger partial charge in [-0.3, -0.25) is 4.79 Å². The van der Waals surface area contributed by atoms with Gasteiger partial charge in [0.05, 0.1) is 12.7 Å². The maximum Gasteiger partial charge on any atom is 0.326 e. The second-order valence-corrected chi connectivity index (χ2v) is 7.48. The van der Waals surface area contributed by atoms with Gasteiger partial charge in [-0.2, -0.15) is 0 Å². The number of hydrogen-bond acceptors (Lipinski definition) is 4. The fourth-order valence-corrected chi connectivity index (χ4v) is 2.97. The highest BCUT2D eigenvalue weighted by atomic mass is 16.4. The summed E-state index contributed by atoms with van der Waals surface area (Å²) in [6, 6.07) is 0. The Balaban J connectivity index is 3.47. The minimum absolute atomic E-state index is 0.119. The van der Waals surface area contributed by atoms with Crippen LogP contribution in [0.5, 0.6) is 0 Å². The van der Waals surface area contributed by atoms with E-state index in [1.807, 2.05) is 0 Å². The van der Waals surface area contributed by atoms with Crippen LogP contribution in [0.1, 0.15) is 96.8 Å². The molecule has 2 unspecified atom stereocenters. The van der Waals surface area contributed by atoms with E-state index in [0.717, 1.165) is 44.9 Å². The molecule has 0 spiro atoms. The standard InChI is InChI=1S/C21H41NO4/c1-2-3-4-12-15-19(24)16-13-10-8-6-5-7-9-11-14-17-21(22,18-23)20(25)26/h7,9,19,23-24H,2-6,8,10-18,22H2,1H3,(H,25,26). The Kier molecular flexibility index (Phi) is 15.7. The number of carbonyl (C=O) groups is 1. The lowest BCUT2D eigenvalue weighted by molar-refractivity contribution is -0.145. The minimum Gasteiger partial charge on any atom is -0.480 e. The molecule has 0 saturated heterocycles. The van der Waals surface area contributed by atoms with Crippen LogP contribution in [0, 0.1) is 0 Å². The lowest BCUT2D eigenvalue weighted by Gasteiger charge is -2.21. The van der Waals surface area contributed by atoms with Gasteiger partial charge < -0.3 is 21.1 Å². The number of nitrogens with two attached hydrogens (primary N) is 1. The third kappa shape index (κ3) is 13.3. The number of carboxylic acids is 1. The number of carboxylic acid groups (broad SMARTS) is 1. The highest BCUT2D eigenvalue weighted by Crippen LogP contribution is 2.14. The summed E-state index contributed by atoms with van der Waals surface area (Å²) in [5.74, 6) is -1.14. The monoisotopic (exact) mass is 371 g/mol. The Morgan fingerprint density at radius 2 is 1.50 bits per heavy atom. The maximum absolute atomic E-state index is 10.9. The van der Waals surface area contributed by atoms with E-state index in [2.05, 4.69) is 19.1 Å². The van der Waals surface area contributed by atoms with Crippen LogP contribution in [-0.2, 0) is 4.79 Å². The van der Waals surface area contributed by atoms with Crippen LogP contribution in [0.4, 0.5) is 0 Å². The van der Waals surface area contributed by atoms with Gasteiger partial charge in [0, 0.05) is 0 Å². The zero-order valence-corrected chi connectivity index (χ0v) is 16.7. The molecule has 2 atom stereocenters. The maximum atomic E-state index is 10.9. The van der Waals surface area contributed by atoms with E-state index in [0.29, 0.717) is 6.42 Å². The van der Waals surface area contributed by atoms with Crippen molar-refractivity contribution in [1.29, 1.82) is 0 Å². The van der Waals surface area contributed by atoms with Gasteiger partial charge in [0.25, 0.3) is 0 Å². The Morgan fingerprint density at radius 1 is 0.962 bits per heavy atom. The third-order valence-corrected chi connectivity index (χ3v) is 4.92. The molecule has 0 saturated carbocycles. The molecule has 0 rings (SSSR count). The summed E-state index contributed by atoms with van der Waals surface area (Å²) in [6.45, 7) is 1.67. The van der Waals surface area contributed by atoms with Crippen molar-refractivity contribution in [3.63, 3.8) is 0 Å². The van der Waals surface area contributed by atoms with Crippen LogP contribution >= 0.6 is 0 Å². The highest BCUT2D eigenvalue weighted by molar-refractivity contribution is 5.78. The van der Waals surface area contributed by atoms with Crippen LogP contribution in [0.2, 0.25) is 0 Å².